The predicted molar refractivity (Wildman–Crippen MR) is 67.9 cm³/mol. The summed E-state index contributed by atoms with van der Waals surface area (Å²) in [6.07, 6.45) is 4.43. The van der Waals surface area contributed by atoms with Gasteiger partial charge < -0.3 is 0 Å². The first kappa shape index (κ1) is 11.0. The molecule has 0 aliphatic carbocycles. The van der Waals surface area contributed by atoms with Gasteiger partial charge in [-0.05, 0) is 37.3 Å². The fourth-order valence-electron chi connectivity index (χ4n) is 3.29. The quantitative estimate of drug-likeness (QED) is 0.775. The Morgan fingerprint density at radius 1 is 1.24 bits per heavy atom. The predicted octanol–water partition coefficient (Wildman–Crippen LogP) is 2.28. The zero-order valence-electron chi connectivity index (χ0n) is 10.1. The van der Waals surface area contributed by atoms with Crippen LogP contribution in [0.3, 0.4) is 0 Å². The summed E-state index contributed by atoms with van der Waals surface area (Å²) in [5.41, 5.74) is 1.44. The summed E-state index contributed by atoms with van der Waals surface area (Å²) in [6, 6.07) is 11.3. The molecule has 0 aromatic heterocycles. The van der Waals surface area contributed by atoms with Gasteiger partial charge in [-0.3, -0.25) is 9.69 Å². The van der Waals surface area contributed by atoms with Gasteiger partial charge in [-0.1, -0.05) is 30.3 Å². The van der Waals surface area contributed by atoms with Crippen LogP contribution >= 0.6 is 0 Å². The van der Waals surface area contributed by atoms with Gasteiger partial charge in [-0.15, -0.1) is 0 Å². The van der Waals surface area contributed by atoms with Crippen LogP contribution in [0, 0.1) is 5.92 Å². The van der Waals surface area contributed by atoms with E-state index in [2.05, 4.69) is 35.2 Å². The molecule has 17 heavy (non-hydrogen) atoms. The lowest BCUT2D eigenvalue weighted by Gasteiger charge is -2.34. The minimum atomic E-state index is 0.440. The van der Waals surface area contributed by atoms with Gasteiger partial charge >= 0.3 is 0 Å². The molecule has 2 nitrogen and oxygen atoms in total. The third-order valence-electron chi connectivity index (χ3n) is 4.16. The molecular weight excluding hydrogens is 210 g/mol. The highest BCUT2D eigenvalue weighted by Gasteiger charge is 2.35. The van der Waals surface area contributed by atoms with E-state index in [1.807, 2.05) is 0 Å². The van der Waals surface area contributed by atoms with Crippen molar-refractivity contribution in [3.63, 3.8) is 0 Å². The molecule has 0 N–H and O–H groups in total. The molecule has 0 bridgehead atoms. The van der Waals surface area contributed by atoms with Gasteiger partial charge in [0.05, 0.1) is 6.54 Å². The number of carbonyl (C=O) groups is 1. The average molecular weight is 229 g/mol. The highest BCUT2D eigenvalue weighted by molar-refractivity contribution is 5.83. The van der Waals surface area contributed by atoms with E-state index in [1.165, 1.54) is 24.8 Å². The number of nitrogens with zero attached hydrogens (tertiary/aromatic N) is 1. The lowest BCUT2D eigenvalue weighted by atomic mass is 9.86. The molecule has 0 saturated carbocycles. The Labute approximate surface area is 103 Å². The molecule has 1 aromatic rings. The number of piperidine rings is 1. The van der Waals surface area contributed by atoms with E-state index in [9.17, 15) is 4.79 Å². The van der Waals surface area contributed by atoms with Crippen molar-refractivity contribution in [3.05, 3.63) is 35.9 Å². The first-order valence-corrected chi connectivity index (χ1v) is 6.61. The van der Waals surface area contributed by atoms with Gasteiger partial charge in [0.25, 0.3) is 0 Å². The summed E-state index contributed by atoms with van der Waals surface area (Å²) < 4.78 is 0. The van der Waals surface area contributed by atoms with Crippen LogP contribution in [0.5, 0.6) is 0 Å². The van der Waals surface area contributed by atoms with Crippen LogP contribution < -0.4 is 0 Å². The Kier molecular flexibility index (Phi) is 2.98. The second-order valence-corrected chi connectivity index (χ2v) is 5.45. The smallest absolute Gasteiger partial charge is 0.148 e. The molecule has 2 heteroatoms. The molecule has 2 unspecified atom stereocenters. The number of Topliss-reactive ketones (excluding diaryl/α,β-unsaturated/α-hetero) is 1. The van der Waals surface area contributed by atoms with Gasteiger partial charge in [0.2, 0.25) is 0 Å². The van der Waals surface area contributed by atoms with Crippen LogP contribution in [-0.2, 0) is 11.2 Å². The summed E-state index contributed by atoms with van der Waals surface area (Å²) in [5.74, 6) is 1.21. The maximum absolute atomic E-state index is 11.4. The molecule has 90 valence electrons. The fraction of sp³-hybridized carbons (Fsp3) is 0.533. The number of hydrogen-bond acceptors (Lipinski definition) is 2. The lowest BCUT2D eigenvalue weighted by Crippen LogP contribution is -2.38. The van der Waals surface area contributed by atoms with E-state index in [-0.39, 0.29) is 0 Å². The van der Waals surface area contributed by atoms with E-state index >= 15 is 0 Å². The Morgan fingerprint density at radius 2 is 2.06 bits per heavy atom. The van der Waals surface area contributed by atoms with Crippen molar-refractivity contribution < 1.29 is 4.79 Å². The number of rotatable bonds is 2. The number of benzene rings is 1. The van der Waals surface area contributed by atoms with E-state index in [0.29, 0.717) is 18.4 Å². The van der Waals surface area contributed by atoms with E-state index in [0.717, 1.165) is 18.9 Å². The van der Waals surface area contributed by atoms with Crippen molar-refractivity contribution in [2.24, 2.45) is 5.92 Å². The number of hydrogen-bond donors (Lipinski definition) is 0. The second-order valence-electron chi connectivity index (χ2n) is 5.45. The molecule has 2 fully saturated rings. The van der Waals surface area contributed by atoms with Crippen LogP contribution in [0.2, 0.25) is 0 Å². The molecule has 2 aliphatic heterocycles. The largest absolute Gasteiger partial charge is 0.298 e. The zero-order valence-corrected chi connectivity index (χ0v) is 10.1. The molecule has 1 aromatic carbocycles. The van der Waals surface area contributed by atoms with Crippen molar-refractivity contribution in [1.82, 2.24) is 4.90 Å². The molecule has 2 atom stereocenters. The van der Waals surface area contributed by atoms with E-state index < -0.39 is 0 Å². The molecular formula is C15H19NO. The van der Waals surface area contributed by atoms with Crippen molar-refractivity contribution in [3.8, 4) is 0 Å². The average Bonchev–Trinajstić information content (AvgIpc) is 2.70. The first-order valence-electron chi connectivity index (χ1n) is 6.61. The van der Waals surface area contributed by atoms with Crippen molar-refractivity contribution in [2.45, 2.75) is 31.7 Å². The lowest BCUT2D eigenvalue weighted by molar-refractivity contribution is -0.116. The Bertz CT molecular complexity index is 401. The highest BCUT2D eigenvalue weighted by atomic mass is 16.1. The van der Waals surface area contributed by atoms with Gasteiger partial charge in [0, 0.05) is 12.5 Å². The number of fused-ring (bicyclic) bond motifs is 1. The maximum Gasteiger partial charge on any atom is 0.148 e. The standard InChI is InChI=1S/C15H19NO/c17-15-10-14-9-13(6-7-16(14)11-15)8-12-4-2-1-3-5-12/h1-5,13-14H,6-11H2. The third kappa shape index (κ3) is 2.42. The zero-order chi connectivity index (χ0) is 11.7. The van der Waals surface area contributed by atoms with E-state index in [1.54, 1.807) is 0 Å². The molecule has 0 spiro atoms. The number of ketones is 1. The van der Waals surface area contributed by atoms with Crippen molar-refractivity contribution >= 4 is 5.78 Å². The molecule has 2 saturated heterocycles. The molecule has 0 radical (unpaired) electrons. The summed E-state index contributed by atoms with van der Waals surface area (Å²) >= 11 is 0. The van der Waals surface area contributed by atoms with E-state index in [4.69, 9.17) is 0 Å². The van der Waals surface area contributed by atoms with Crippen LogP contribution in [0.4, 0.5) is 0 Å². The maximum atomic E-state index is 11.4. The van der Waals surface area contributed by atoms with Crippen LogP contribution in [0.25, 0.3) is 0 Å². The van der Waals surface area contributed by atoms with Gasteiger partial charge in [0.1, 0.15) is 5.78 Å². The van der Waals surface area contributed by atoms with Crippen LogP contribution in [-0.4, -0.2) is 29.8 Å². The monoisotopic (exact) mass is 229 g/mol. The van der Waals surface area contributed by atoms with Gasteiger partial charge in [0.15, 0.2) is 0 Å². The Hall–Kier alpha value is -1.15. The van der Waals surface area contributed by atoms with Crippen LogP contribution in [0.1, 0.15) is 24.8 Å². The molecule has 0 amide bonds. The minimum Gasteiger partial charge on any atom is -0.298 e. The second kappa shape index (κ2) is 4.61. The van der Waals surface area contributed by atoms with Crippen molar-refractivity contribution in [1.29, 1.82) is 0 Å². The van der Waals surface area contributed by atoms with Crippen molar-refractivity contribution in [2.75, 3.05) is 13.1 Å². The summed E-state index contributed by atoms with van der Waals surface area (Å²) in [6.45, 7) is 1.83. The Morgan fingerprint density at radius 3 is 2.88 bits per heavy atom. The normalized spacial score (nSPS) is 29.3. The fourth-order valence-corrected chi connectivity index (χ4v) is 3.29. The van der Waals surface area contributed by atoms with Gasteiger partial charge in [-0.2, -0.15) is 0 Å². The first-order chi connectivity index (χ1) is 8.31. The number of carbonyl (C=O) groups excluding carboxylic acids is 1. The highest BCUT2D eigenvalue weighted by Crippen LogP contribution is 2.30. The SMILES string of the molecule is O=C1CC2CC(Cc3ccccc3)CCN2C1. The van der Waals surface area contributed by atoms with Gasteiger partial charge in [-0.25, -0.2) is 0 Å². The minimum absolute atomic E-state index is 0.440. The topological polar surface area (TPSA) is 20.3 Å². The summed E-state index contributed by atoms with van der Waals surface area (Å²) in [7, 11) is 0. The molecule has 3 rings (SSSR count). The third-order valence-corrected chi connectivity index (χ3v) is 4.16. The molecule has 2 aliphatic rings. The summed E-state index contributed by atoms with van der Waals surface area (Å²) in [4.78, 5) is 13.8. The Balaban J connectivity index is 1.61. The van der Waals surface area contributed by atoms with Crippen LogP contribution in [0.15, 0.2) is 30.3 Å². The molecule has 2 heterocycles. The summed E-state index contributed by atoms with van der Waals surface area (Å²) in [5, 5.41) is 0.